The van der Waals surface area contributed by atoms with E-state index >= 15 is 0 Å². The highest BCUT2D eigenvalue weighted by atomic mass is 16.6. The molecular formula is C17H26N2O6. The molecule has 0 unspecified atom stereocenters. The Morgan fingerprint density at radius 3 is 2.44 bits per heavy atom. The van der Waals surface area contributed by atoms with Crippen molar-refractivity contribution in [2.24, 2.45) is 0 Å². The van der Waals surface area contributed by atoms with E-state index in [9.17, 15) is 14.9 Å². The zero-order valence-electron chi connectivity index (χ0n) is 15.4. The van der Waals surface area contributed by atoms with Crippen molar-refractivity contribution in [3.63, 3.8) is 0 Å². The van der Waals surface area contributed by atoms with E-state index in [4.69, 9.17) is 14.2 Å². The number of unbranched alkanes of at least 4 members (excludes halogenated alkanes) is 1. The summed E-state index contributed by atoms with van der Waals surface area (Å²) in [7, 11) is 3.06. The Labute approximate surface area is 147 Å². The molecule has 0 radical (unpaired) electrons. The number of nitrogens with zero attached hydrogens (tertiary/aromatic N) is 2. The summed E-state index contributed by atoms with van der Waals surface area (Å²) in [5.41, 5.74) is -0.746. The Kier molecular flexibility index (Phi) is 7.63. The fourth-order valence-electron chi connectivity index (χ4n) is 2.14. The third-order valence-electron chi connectivity index (χ3n) is 3.26. The fraction of sp³-hybridized carbons (Fsp3) is 0.588. The summed E-state index contributed by atoms with van der Waals surface area (Å²) in [6, 6.07) is 4.28. The summed E-state index contributed by atoms with van der Waals surface area (Å²) < 4.78 is 15.6. The van der Waals surface area contributed by atoms with Crippen molar-refractivity contribution in [2.45, 2.75) is 39.2 Å². The highest BCUT2D eigenvalue weighted by molar-refractivity contribution is 5.91. The maximum atomic E-state index is 12.6. The first-order valence-corrected chi connectivity index (χ1v) is 8.01. The lowest BCUT2D eigenvalue weighted by atomic mass is 10.2. The van der Waals surface area contributed by atoms with Gasteiger partial charge in [0.05, 0.1) is 12.0 Å². The molecule has 0 N–H and O–H groups in total. The molecule has 8 nitrogen and oxygen atoms in total. The van der Waals surface area contributed by atoms with Gasteiger partial charge in [0.15, 0.2) is 0 Å². The lowest BCUT2D eigenvalue weighted by Crippen LogP contribution is -2.38. The number of carbonyl (C=O) groups excluding carboxylic acids is 1. The fourth-order valence-corrected chi connectivity index (χ4v) is 2.14. The number of methoxy groups -OCH3 is 2. The third kappa shape index (κ3) is 6.58. The summed E-state index contributed by atoms with van der Waals surface area (Å²) in [4.78, 5) is 24.7. The van der Waals surface area contributed by atoms with Gasteiger partial charge in [-0.15, -0.1) is 0 Å². The number of nitro groups is 1. The molecule has 0 fully saturated rings. The van der Waals surface area contributed by atoms with Crippen LogP contribution in [0.25, 0.3) is 0 Å². The van der Waals surface area contributed by atoms with Gasteiger partial charge in [0.1, 0.15) is 17.0 Å². The number of hydrogen-bond acceptors (Lipinski definition) is 6. The molecule has 140 valence electrons. The molecule has 0 heterocycles. The molecule has 0 saturated carbocycles. The number of carbonyl (C=O) groups is 1. The molecule has 0 aliphatic rings. The SMILES string of the molecule is COCCCCN(C(=O)OC(C)(C)C)c1cc(OC)ccc1[N+](=O)[O-]. The number of amides is 1. The van der Waals surface area contributed by atoms with E-state index in [1.807, 2.05) is 0 Å². The zero-order chi connectivity index (χ0) is 19.0. The van der Waals surface area contributed by atoms with Crippen molar-refractivity contribution in [3.05, 3.63) is 28.3 Å². The van der Waals surface area contributed by atoms with Crippen molar-refractivity contribution >= 4 is 17.5 Å². The minimum atomic E-state index is -0.713. The third-order valence-corrected chi connectivity index (χ3v) is 3.26. The average Bonchev–Trinajstić information content (AvgIpc) is 2.52. The lowest BCUT2D eigenvalue weighted by Gasteiger charge is -2.27. The largest absolute Gasteiger partial charge is 0.497 e. The van der Waals surface area contributed by atoms with Crippen LogP contribution >= 0.6 is 0 Å². The molecule has 1 amide bonds. The summed E-state index contributed by atoms with van der Waals surface area (Å²) >= 11 is 0. The second-order valence-corrected chi connectivity index (χ2v) is 6.44. The molecule has 1 aromatic rings. The van der Waals surface area contributed by atoms with Crippen molar-refractivity contribution in [1.82, 2.24) is 0 Å². The van der Waals surface area contributed by atoms with Gasteiger partial charge in [-0.25, -0.2) is 4.79 Å². The maximum absolute atomic E-state index is 12.6. The van der Waals surface area contributed by atoms with Gasteiger partial charge >= 0.3 is 6.09 Å². The quantitative estimate of drug-likeness (QED) is 0.401. The Morgan fingerprint density at radius 2 is 1.92 bits per heavy atom. The molecule has 8 heteroatoms. The Balaban J connectivity index is 3.20. The standard InChI is InChI=1S/C17H26N2O6/c1-17(2,3)25-16(20)18(10-6-7-11-23-4)15-12-13(24-5)8-9-14(15)19(21)22/h8-9,12H,6-7,10-11H2,1-5H3. The number of anilines is 1. The first-order valence-electron chi connectivity index (χ1n) is 8.01. The van der Waals surface area contributed by atoms with E-state index in [-0.39, 0.29) is 17.9 Å². The zero-order valence-corrected chi connectivity index (χ0v) is 15.4. The Morgan fingerprint density at radius 1 is 1.24 bits per heavy atom. The minimum absolute atomic E-state index is 0.149. The molecule has 0 aliphatic heterocycles. The lowest BCUT2D eigenvalue weighted by molar-refractivity contribution is -0.384. The van der Waals surface area contributed by atoms with Crippen LogP contribution in [0, 0.1) is 10.1 Å². The van der Waals surface area contributed by atoms with Crippen molar-refractivity contribution < 1.29 is 23.9 Å². The van der Waals surface area contributed by atoms with Crippen LogP contribution in [0.15, 0.2) is 18.2 Å². The van der Waals surface area contributed by atoms with Gasteiger partial charge < -0.3 is 14.2 Å². The van der Waals surface area contributed by atoms with Crippen LogP contribution in [0.1, 0.15) is 33.6 Å². The smallest absolute Gasteiger partial charge is 0.415 e. The van der Waals surface area contributed by atoms with Crippen LogP contribution < -0.4 is 9.64 Å². The highest BCUT2D eigenvalue weighted by Gasteiger charge is 2.28. The number of nitro benzene ring substituents is 1. The van der Waals surface area contributed by atoms with Gasteiger partial charge in [-0.1, -0.05) is 0 Å². The van der Waals surface area contributed by atoms with Gasteiger partial charge in [-0.05, 0) is 39.7 Å². The van der Waals surface area contributed by atoms with Crippen LogP contribution in [0.2, 0.25) is 0 Å². The first-order chi connectivity index (χ1) is 11.7. The van der Waals surface area contributed by atoms with Crippen LogP contribution in [-0.4, -0.2) is 44.0 Å². The minimum Gasteiger partial charge on any atom is -0.497 e. The van der Waals surface area contributed by atoms with Crippen LogP contribution in [-0.2, 0) is 9.47 Å². The maximum Gasteiger partial charge on any atom is 0.415 e. The summed E-state index contributed by atoms with van der Waals surface area (Å²) in [5, 5.41) is 11.4. The van der Waals surface area contributed by atoms with E-state index in [2.05, 4.69) is 0 Å². The molecule has 0 saturated heterocycles. The van der Waals surface area contributed by atoms with E-state index in [1.54, 1.807) is 27.9 Å². The number of rotatable bonds is 8. The first kappa shape index (κ1) is 20.7. The molecule has 25 heavy (non-hydrogen) atoms. The molecule has 1 aromatic carbocycles. The number of ether oxygens (including phenoxy) is 3. The second kappa shape index (κ2) is 9.22. The van der Waals surface area contributed by atoms with Crippen molar-refractivity contribution in [1.29, 1.82) is 0 Å². The molecule has 0 atom stereocenters. The van der Waals surface area contributed by atoms with Crippen molar-refractivity contribution in [3.8, 4) is 5.75 Å². The van der Waals surface area contributed by atoms with Crippen molar-refractivity contribution in [2.75, 3.05) is 32.3 Å². The summed E-state index contributed by atoms with van der Waals surface area (Å²) in [6.45, 7) is 6.05. The van der Waals surface area contributed by atoms with Gasteiger partial charge in [0.2, 0.25) is 0 Å². The van der Waals surface area contributed by atoms with Gasteiger partial charge in [0.25, 0.3) is 5.69 Å². The topological polar surface area (TPSA) is 91.1 Å². The molecule has 0 spiro atoms. The van der Waals surface area contributed by atoms with Crippen LogP contribution in [0.5, 0.6) is 5.75 Å². The summed E-state index contributed by atoms with van der Waals surface area (Å²) in [6.07, 6.45) is 0.691. The van der Waals surface area contributed by atoms with E-state index in [1.165, 1.54) is 30.2 Å². The monoisotopic (exact) mass is 354 g/mol. The van der Waals surface area contributed by atoms with Crippen LogP contribution in [0.4, 0.5) is 16.2 Å². The summed E-state index contributed by atoms with van der Waals surface area (Å²) in [5.74, 6) is 0.422. The predicted molar refractivity (Wildman–Crippen MR) is 94.3 cm³/mol. The predicted octanol–water partition coefficient (Wildman–Crippen LogP) is 3.77. The number of hydrogen-bond donors (Lipinski definition) is 0. The van der Waals surface area contributed by atoms with Crippen LogP contribution in [0.3, 0.4) is 0 Å². The number of benzene rings is 1. The van der Waals surface area contributed by atoms with Gasteiger partial charge in [-0.3, -0.25) is 15.0 Å². The van der Waals surface area contributed by atoms with Gasteiger partial charge in [-0.2, -0.15) is 0 Å². The van der Waals surface area contributed by atoms with E-state index in [0.717, 1.165) is 0 Å². The van der Waals surface area contributed by atoms with E-state index in [0.29, 0.717) is 25.2 Å². The van der Waals surface area contributed by atoms with E-state index < -0.39 is 16.6 Å². The molecule has 0 aromatic heterocycles. The Hall–Kier alpha value is -2.35. The highest BCUT2D eigenvalue weighted by Crippen LogP contribution is 2.33. The molecule has 1 rings (SSSR count). The normalized spacial score (nSPS) is 11.1. The Bertz CT molecular complexity index is 597. The average molecular weight is 354 g/mol. The second-order valence-electron chi connectivity index (χ2n) is 6.44. The molecule has 0 bridgehead atoms. The van der Waals surface area contributed by atoms with Gasteiger partial charge in [0, 0.05) is 32.4 Å². The molecule has 0 aliphatic carbocycles. The molecular weight excluding hydrogens is 328 g/mol.